The van der Waals surface area contributed by atoms with Crippen molar-refractivity contribution in [2.45, 2.75) is 18.4 Å². The Morgan fingerprint density at radius 2 is 2.17 bits per heavy atom. The van der Waals surface area contributed by atoms with Gasteiger partial charge in [0.05, 0.1) is 12.8 Å². The van der Waals surface area contributed by atoms with Crippen molar-refractivity contribution in [3.05, 3.63) is 47.3 Å². The van der Waals surface area contributed by atoms with Crippen LogP contribution in [0.25, 0.3) is 0 Å². The highest BCUT2D eigenvalue weighted by Gasteiger charge is 2.45. The normalized spacial score (nSPS) is 20.4. The highest BCUT2D eigenvalue weighted by molar-refractivity contribution is 6.11. The molecule has 9 nitrogen and oxygen atoms in total. The van der Waals surface area contributed by atoms with E-state index in [4.69, 9.17) is 9.26 Å². The number of nitrogens with zero attached hydrogens (tertiary/aromatic N) is 3. The van der Waals surface area contributed by atoms with Gasteiger partial charge in [-0.05, 0) is 24.1 Å². The first-order valence-electron chi connectivity index (χ1n) is 9.43. The highest BCUT2D eigenvalue weighted by Crippen LogP contribution is 2.44. The van der Waals surface area contributed by atoms with E-state index in [1.165, 1.54) is 17.2 Å². The van der Waals surface area contributed by atoms with Gasteiger partial charge in [-0.2, -0.15) is 0 Å². The Balaban J connectivity index is 1.81. The molecule has 4 rings (SSSR count). The lowest BCUT2D eigenvalue weighted by atomic mass is 9.79. The molecule has 29 heavy (non-hydrogen) atoms. The molecule has 9 heteroatoms. The van der Waals surface area contributed by atoms with Crippen LogP contribution in [0.2, 0.25) is 0 Å². The van der Waals surface area contributed by atoms with Gasteiger partial charge < -0.3 is 19.5 Å². The summed E-state index contributed by atoms with van der Waals surface area (Å²) in [4.78, 5) is 42.0. The lowest BCUT2D eigenvalue weighted by Crippen LogP contribution is -2.55. The number of hydrogen-bond acceptors (Lipinski definition) is 6. The summed E-state index contributed by atoms with van der Waals surface area (Å²) in [6.45, 7) is 1.38. The van der Waals surface area contributed by atoms with Gasteiger partial charge in [0.1, 0.15) is 6.04 Å². The number of likely N-dealkylation sites (N-methyl/N-ethyl adjacent to an activating group) is 1. The van der Waals surface area contributed by atoms with Crippen molar-refractivity contribution in [1.82, 2.24) is 15.4 Å². The van der Waals surface area contributed by atoms with Gasteiger partial charge in [0.25, 0.3) is 11.8 Å². The number of aromatic nitrogens is 1. The second kappa shape index (κ2) is 7.67. The van der Waals surface area contributed by atoms with E-state index >= 15 is 0 Å². The lowest BCUT2D eigenvalue weighted by Gasteiger charge is -2.44. The van der Waals surface area contributed by atoms with Crippen LogP contribution in [0.3, 0.4) is 0 Å². The average Bonchev–Trinajstić information content (AvgIpc) is 3.28. The summed E-state index contributed by atoms with van der Waals surface area (Å²) >= 11 is 0. The SMILES string of the molecule is CNC(=O)[C@@H]1C[C@H]2CN(CCOC)C(=O)c3cccc(c32)N1C(=O)c1ccno1. The van der Waals surface area contributed by atoms with E-state index < -0.39 is 11.9 Å². The predicted octanol–water partition coefficient (Wildman–Crippen LogP) is 1.03. The standard InChI is InChI=1S/C20H22N4O5/c1-21-18(25)15-10-12-11-23(8-9-28-2)19(26)13-4-3-5-14(17(12)13)24(15)20(27)16-6-7-22-29-16/h3-7,12,15H,8-11H2,1-2H3,(H,21,25)/t12-,15-/m0/s1. The van der Waals surface area contributed by atoms with Crippen molar-refractivity contribution in [1.29, 1.82) is 0 Å². The molecule has 0 saturated heterocycles. The maximum Gasteiger partial charge on any atom is 0.297 e. The fourth-order valence-corrected chi connectivity index (χ4v) is 4.21. The van der Waals surface area contributed by atoms with Gasteiger partial charge in [0, 0.05) is 50.5 Å². The van der Waals surface area contributed by atoms with Gasteiger partial charge in [-0.15, -0.1) is 0 Å². The van der Waals surface area contributed by atoms with Gasteiger partial charge in [-0.1, -0.05) is 11.2 Å². The van der Waals surface area contributed by atoms with Crippen molar-refractivity contribution in [3.8, 4) is 0 Å². The Bertz CT molecular complexity index is 942. The maximum absolute atomic E-state index is 13.2. The molecule has 2 atom stereocenters. The van der Waals surface area contributed by atoms with Crippen molar-refractivity contribution in [2.24, 2.45) is 0 Å². The van der Waals surface area contributed by atoms with Crippen molar-refractivity contribution < 1.29 is 23.6 Å². The number of methoxy groups -OCH3 is 1. The lowest BCUT2D eigenvalue weighted by molar-refractivity contribution is -0.122. The van der Waals surface area contributed by atoms with Crippen LogP contribution in [0.1, 0.15) is 38.8 Å². The Kier molecular flexibility index (Phi) is 5.06. The van der Waals surface area contributed by atoms with E-state index in [-0.39, 0.29) is 23.5 Å². The molecular formula is C20H22N4O5. The van der Waals surface area contributed by atoms with Crippen LogP contribution in [0.15, 0.2) is 35.0 Å². The average molecular weight is 398 g/mol. The number of hydrogen-bond donors (Lipinski definition) is 1. The number of anilines is 1. The van der Waals surface area contributed by atoms with E-state index in [1.807, 2.05) is 0 Å². The molecule has 2 aliphatic heterocycles. The second-order valence-electron chi connectivity index (χ2n) is 7.10. The first kappa shape index (κ1) is 19.1. The molecule has 0 saturated carbocycles. The minimum absolute atomic E-state index is 0.0406. The third-order valence-electron chi connectivity index (χ3n) is 5.51. The number of carbonyl (C=O) groups excluding carboxylic acids is 3. The van der Waals surface area contributed by atoms with E-state index in [1.54, 1.807) is 37.3 Å². The summed E-state index contributed by atoms with van der Waals surface area (Å²) in [6.07, 6.45) is 1.78. The molecule has 3 amide bonds. The third kappa shape index (κ3) is 3.17. The van der Waals surface area contributed by atoms with Gasteiger partial charge in [-0.3, -0.25) is 19.3 Å². The van der Waals surface area contributed by atoms with Crippen LogP contribution in [-0.4, -0.2) is 67.7 Å². The molecule has 0 bridgehead atoms. The smallest absolute Gasteiger partial charge is 0.297 e. The molecule has 1 N–H and O–H groups in total. The number of benzene rings is 1. The fourth-order valence-electron chi connectivity index (χ4n) is 4.21. The quantitative estimate of drug-likeness (QED) is 0.807. The van der Waals surface area contributed by atoms with Crippen LogP contribution in [-0.2, 0) is 9.53 Å². The summed E-state index contributed by atoms with van der Waals surface area (Å²) in [5.74, 6) is -0.845. The zero-order valence-electron chi connectivity index (χ0n) is 16.3. The Morgan fingerprint density at radius 3 is 2.86 bits per heavy atom. The van der Waals surface area contributed by atoms with Gasteiger partial charge in [-0.25, -0.2) is 0 Å². The van der Waals surface area contributed by atoms with E-state index in [0.717, 1.165) is 5.56 Å². The Labute approximate surface area is 167 Å². The molecule has 0 fully saturated rings. The monoisotopic (exact) mass is 398 g/mol. The van der Waals surface area contributed by atoms with Gasteiger partial charge in [0.2, 0.25) is 11.7 Å². The fraction of sp³-hybridized carbons (Fsp3) is 0.400. The second-order valence-corrected chi connectivity index (χ2v) is 7.10. The van der Waals surface area contributed by atoms with Crippen LogP contribution < -0.4 is 10.2 Å². The van der Waals surface area contributed by atoms with Crippen LogP contribution in [0.4, 0.5) is 5.69 Å². The summed E-state index contributed by atoms with van der Waals surface area (Å²) in [5, 5.41) is 6.25. The van der Waals surface area contributed by atoms with Crippen LogP contribution in [0.5, 0.6) is 0 Å². The summed E-state index contributed by atoms with van der Waals surface area (Å²) in [5.41, 5.74) is 1.92. The molecule has 0 aliphatic carbocycles. The molecule has 2 aromatic rings. The predicted molar refractivity (Wildman–Crippen MR) is 103 cm³/mol. The molecule has 1 aromatic carbocycles. The first-order chi connectivity index (χ1) is 14.1. The molecule has 3 heterocycles. The molecule has 0 radical (unpaired) electrons. The summed E-state index contributed by atoms with van der Waals surface area (Å²) < 4.78 is 10.2. The van der Waals surface area contributed by atoms with Gasteiger partial charge in [0.15, 0.2) is 0 Å². The Morgan fingerprint density at radius 1 is 1.34 bits per heavy atom. The molecular weight excluding hydrogens is 376 g/mol. The number of ether oxygens (including phenoxy) is 1. The third-order valence-corrected chi connectivity index (χ3v) is 5.51. The summed E-state index contributed by atoms with van der Waals surface area (Å²) in [7, 11) is 3.14. The van der Waals surface area contributed by atoms with E-state index in [9.17, 15) is 14.4 Å². The number of carbonyl (C=O) groups is 3. The minimum Gasteiger partial charge on any atom is -0.383 e. The highest BCUT2D eigenvalue weighted by atomic mass is 16.5. The van der Waals surface area contributed by atoms with Crippen molar-refractivity contribution >= 4 is 23.4 Å². The topological polar surface area (TPSA) is 105 Å². The van der Waals surface area contributed by atoms with Crippen LogP contribution in [0, 0.1) is 0 Å². The molecule has 2 aliphatic rings. The van der Waals surface area contributed by atoms with Crippen molar-refractivity contribution in [2.75, 3.05) is 38.8 Å². The largest absolute Gasteiger partial charge is 0.383 e. The first-order valence-corrected chi connectivity index (χ1v) is 9.43. The summed E-state index contributed by atoms with van der Waals surface area (Å²) in [6, 6.07) is 6.01. The maximum atomic E-state index is 13.2. The number of rotatable bonds is 5. The number of amides is 3. The van der Waals surface area contributed by atoms with E-state index in [0.29, 0.717) is 37.4 Å². The zero-order chi connectivity index (χ0) is 20.5. The molecule has 0 spiro atoms. The van der Waals surface area contributed by atoms with Crippen molar-refractivity contribution in [3.63, 3.8) is 0 Å². The minimum atomic E-state index is -0.720. The van der Waals surface area contributed by atoms with Crippen LogP contribution >= 0.6 is 0 Å². The van der Waals surface area contributed by atoms with E-state index in [2.05, 4.69) is 10.5 Å². The molecule has 0 unspecified atom stereocenters. The molecule has 1 aromatic heterocycles. The molecule has 152 valence electrons. The Hall–Kier alpha value is -3.20. The van der Waals surface area contributed by atoms with Gasteiger partial charge >= 0.3 is 0 Å². The zero-order valence-corrected chi connectivity index (χ0v) is 16.3. The number of nitrogens with one attached hydrogen (secondary N) is 1.